The SMILES string of the molecule is CC(C)CC(O)(Cc1c(F)cccc1Cl)C1CN(Cc2ccccc2)CCO1. The minimum Gasteiger partial charge on any atom is -0.387 e. The Hall–Kier alpha value is -1.46. The Morgan fingerprint density at radius 1 is 1.21 bits per heavy atom. The molecule has 1 aliphatic rings. The molecule has 0 radical (unpaired) electrons. The molecule has 0 amide bonds. The molecule has 1 heterocycles. The van der Waals surface area contributed by atoms with Gasteiger partial charge in [-0.15, -0.1) is 0 Å². The van der Waals surface area contributed by atoms with Crippen LogP contribution in [0.4, 0.5) is 4.39 Å². The molecule has 0 spiro atoms. The molecule has 0 aromatic heterocycles. The minimum atomic E-state index is -1.19. The van der Waals surface area contributed by atoms with Crippen LogP contribution in [-0.2, 0) is 17.7 Å². The molecule has 0 aliphatic carbocycles. The van der Waals surface area contributed by atoms with Crippen LogP contribution >= 0.6 is 11.6 Å². The normalized spacial score (nSPS) is 20.3. The first-order chi connectivity index (χ1) is 13.4. The number of hydrogen-bond acceptors (Lipinski definition) is 3. The molecule has 1 N–H and O–H groups in total. The van der Waals surface area contributed by atoms with Crippen molar-refractivity contribution in [3.8, 4) is 0 Å². The number of halogens is 2. The third-order valence-corrected chi connectivity index (χ3v) is 5.66. The predicted octanol–water partition coefficient (Wildman–Crippen LogP) is 4.70. The van der Waals surface area contributed by atoms with Gasteiger partial charge in [0.1, 0.15) is 5.82 Å². The molecule has 2 aromatic rings. The highest BCUT2D eigenvalue weighted by molar-refractivity contribution is 6.31. The highest BCUT2D eigenvalue weighted by Gasteiger charge is 2.41. The summed E-state index contributed by atoms with van der Waals surface area (Å²) in [6, 6.07) is 14.9. The predicted molar refractivity (Wildman–Crippen MR) is 111 cm³/mol. The Labute approximate surface area is 172 Å². The molecule has 1 saturated heterocycles. The number of aliphatic hydroxyl groups is 1. The molecule has 3 nitrogen and oxygen atoms in total. The fraction of sp³-hybridized carbons (Fsp3) is 0.478. The van der Waals surface area contributed by atoms with Crippen molar-refractivity contribution in [2.24, 2.45) is 5.92 Å². The maximum Gasteiger partial charge on any atom is 0.127 e. The number of ether oxygens (including phenoxy) is 1. The molecule has 3 rings (SSSR count). The van der Waals surface area contributed by atoms with Gasteiger partial charge in [0.15, 0.2) is 0 Å². The molecule has 152 valence electrons. The smallest absolute Gasteiger partial charge is 0.127 e. The number of nitrogens with zero attached hydrogens (tertiary/aromatic N) is 1. The van der Waals surface area contributed by atoms with Gasteiger partial charge in [0.25, 0.3) is 0 Å². The van der Waals surface area contributed by atoms with E-state index in [-0.39, 0.29) is 18.2 Å². The van der Waals surface area contributed by atoms with E-state index in [1.165, 1.54) is 11.6 Å². The van der Waals surface area contributed by atoms with Crippen molar-refractivity contribution in [1.82, 2.24) is 4.90 Å². The largest absolute Gasteiger partial charge is 0.387 e. The van der Waals surface area contributed by atoms with Crippen LogP contribution in [-0.4, -0.2) is 41.4 Å². The number of hydrogen-bond donors (Lipinski definition) is 1. The molecule has 1 fully saturated rings. The van der Waals surface area contributed by atoms with E-state index in [1.54, 1.807) is 12.1 Å². The van der Waals surface area contributed by atoms with Crippen LogP contribution in [0.5, 0.6) is 0 Å². The minimum absolute atomic E-state index is 0.139. The second-order valence-corrected chi connectivity index (χ2v) is 8.57. The summed E-state index contributed by atoms with van der Waals surface area (Å²) in [5.41, 5.74) is 0.402. The number of morpholine rings is 1. The van der Waals surface area contributed by atoms with Crippen LogP contribution in [0.15, 0.2) is 48.5 Å². The maximum absolute atomic E-state index is 14.4. The average molecular weight is 406 g/mol. The Balaban J connectivity index is 1.79. The third kappa shape index (κ3) is 5.32. The van der Waals surface area contributed by atoms with E-state index in [9.17, 15) is 9.50 Å². The summed E-state index contributed by atoms with van der Waals surface area (Å²) in [5, 5.41) is 12.0. The summed E-state index contributed by atoms with van der Waals surface area (Å²) in [5.74, 6) is -0.143. The van der Waals surface area contributed by atoms with Crippen molar-refractivity contribution in [3.05, 3.63) is 70.5 Å². The van der Waals surface area contributed by atoms with Crippen molar-refractivity contribution in [2.75, 3.05) is 19.7 Å². The summed E-state index contributed by atoms with van der Waals surface area (Å²) >= 11 is 6.24. The first-order valence-corrected chi connectivity index (χ1v) is 10.3. The topological polar surface area (TPSA) is 32.7 Å². The van der Waals surface area contributed by atoms with E-state index in [2.05, 4.69) is 30.9 Å². The molecule has 1 aliphatic heterocycles. The van der Waals surface area contributed by atoms with Gasteiger partial charge in [0, 0.05) is 36.6 Å². The Bertz CT molecular complexity index is 750. The molecule has 0 bridgehead atoms. The number of benzene rings is 2. The average Bonchev–Trinajstić information content (AvgIpc) is 2.65. The molecule has 2 atom stereocenters. The first-order valence-electron chi connectivity index (χ1n) is 9.90. The molecule has 2 aromatic carbocycles. The van der Waals surface area contributed by atoms with E-state index < -0.39 is 11.7 Å². The number of rotatable bonds is 7. The van der Waals surface area contributed by atoms with Gasteiger partial charge in [-0.05, 0) is 30.0 Å². The quantitative estimate of drug-likeness (QED) is 0.724. The summed E-state index contributed by atoms with van der Waals surface area (Å²) in [6.45, 7) is 6.87. The summed E-state index contributed by atoms with van der Waals surface area (Å²) in [4.78, 5) is 2.29. The van der Waals surface area contributed by atoms with E-state index in [0.29, 0.717) is 30.2 Å². The lowest BCUT2D eigenvalue weighted by Crippen LogP contribution is -2.56. The highest BCUT2D eigenvalue weighted by Crippen LogP contribution is 2.33. The third-order valence-electron chi connectivity index (χ3n) is 5.31. The van der Waals surface area contributed by atoms with Gasteiger partial charge in [0.05, 0.1) is 18.3 Å². The van der Waals surface area contributed by atoms with Crippen LogP contribution in [0.3, 0.4) is 0 Å². The molecule has 28 heavy (non-hydrogen) atoms. The fourth-order valence-electron chi connectivity index (χ4n) is 4.04. The van der Waals surface area contributed by atoms with Crippen LogP contribution in [0.1, 0.15) is 31.4 Å². The van der Waals surface area contributed by atoms with Crippen molar-refractivity contribution >= 4 is 11.6 Å². The van der Waals surface area contributed by atoms with Gasteiger partial charge in [-0.1, -0.05) is 61.8 Å². The van der Waals surface area contributed by atoms with Gasteiger partial charge in [0.2, 0.25) is 0 Å². The van der Waals surface area contributed by atoms with Gasteiger partial charge in [-0.3, -0.25) is 4.90 Å². The lowest BCUT2D eigenvalue weighted by molar-refractivity contribution is -0.152. The monoisotopic (exact) mass is 405 g/mol. The second kappa shape index (κ2) is 9.36. The van der Waals surface area contributed by atoms with E-state index in [0.717, 1.165) is 13.1 Å². The van der Waals surface area contributed by atoms with Gasteiger partial charge in [-0.2, -0.15) is 0 Å². The van der Waals surface area contributed by atoms with Crippen molar-refractivity contribution in [3.63, 3.8) is 0 Å². The zero-order valence-electron chi connectivity index (χ0n) is 16.6. The van der Waals surface area contributed by atoms with E-state index in [1.807, 2.05) is 18.2 Å². The highest BCUT2D eigenvalue weighted by atomic mass is 35.5. The molecular formula is C23H29ClFNO2. The fourth-order valence-corrected chi connectivity index (χ4v) is 4.27. The van der Waals surface area contributed by atoms with Gasteiger partial charge < -0.3 is 9.84 Å². The summed E-state index contributed by atoms with van der Waals surface area (Å²) in [6.07, 6.45) is 0.255. The van der Waals surface area contributed by atoms with Gasteiger partial charge in [-0.25, -0.2) is 4.39 Å². The summed E-state index contributed by atoms with van der Waals surface area (Å²) < 4.78 is 20.4. The molecule has 0 saturated carbocycles. The zero-order chi connectivity index (χ0) is 20.1. The molecule has 5 heteroatoms. The Morgan fingerprint density at radius 3 is 2.64 bits per heavy atom. The van der Waals surface area contributed by atoms with E-state index >= 15 is 0 Å². The zero-order valence-corrected chi connectivity index (χ0v) is 17.3. The van der Waals surface area contributed by atoms with E-state index in [4.69, 9.17) is 16.3 Å². The maximum atomic E-state index is 14.4. The second-order valence-electron chi connectivity index (χ2n) is 8.16. The lowest BCUT2D eigenvalue weighted by Gasteiger charge is -2.43. The Kier molecular flexibility index (Phi) is 7.10. The molecular weight excluding hydrogens is 377 g/mol. The van der Waals surface area contributed by atoms with Crippen LogP contribution in [0.25, 0.3) is 0 Å². The lowest BCUT2D eigenvalue weighted by atomic mass is 9.81. The van der Waals surface area contributed by atoms with Crippen molar-refractivity contribution in [1.29, 1.82) is 0 Å². The van der Waals surface area contributed by atoms with Crippen molar-refractivity contribution in [2.45, 2.75) is 44.9 Å². The van der Waals surface area contributed by atoms with Crippen LogP contribution < -0.4 is 0 Å². The first kappa shape index (κ1) is 21.3. The molecule has 2 unspecified atom stereocenters. The van der Waals surface area contributed by atoms with Crippen LogP contribution in [0.2, 0.25) is 5.02 Å². The Morgan fingerprint density at radius 2 is 1.96 bits per heavy atom. The van der Waals surface area contributed by atoms with Crippen molar-refractivity contribution < 1.29 is 14.2 Å². The van der Waals surface area contributed by atoms with Gasteiger partial charge >= 0.3 is 0 Å². The summed E-state index contributed by atoms with van der Waals surface area (Å²) in [7, 11) is 0. The van der Waals surface area contributed by atoms with Crippen LogP contribution in [0, 0.1) is 11.7 Å². The standard InChI is InChI=1S/C23H29ClFNO2/c1-17(2)13-23(27,14-19-20(24)9-6-10-21(19)25)22-16-26(11-12-28-22)15-18-7-4-3-5-8-18/h3-10,17,22,27H,11-16H2,1-2H3.